The van der Waals surface area contributed by atoms with Gasteiger partial charge in [0.15, 0.2) is 5.82 Å². The van der Waals surface area contributed by atoms with Crippen molar-refractivity contribution < 1.29 is 0 Å². The molecule has 0 fully saturated rings. The molecule has 1 aromatic heterocycles. The van der Waals surface area contributed by atoms with Crippen molar-refractivity contribution in [3.05, 3.63) is 29.8 Å². The van der Waals surface area contributed by atoms with Crippen LogP contribution in [0.15, 0.2) is 24.3 Å². The van der Waals surface area contributed by atoms with E-state index in [0.717, 1.165) is 16.5 Å². The number of nitrogen functional groups attached to an aromatic ring is 1. The van der Waals surface area contributed by atoms with Gasteiger partial charge >= 0.3 is 0 Å². The molecule has 2 rings (SSSR count). The number of hydrogen-bond acceptors (Lipinski definition) is 2. The highest BCUT2D eigenvalue weighted by Crippen LogP contribution is 2.19. The lowest BCUT2D eigenvalue weighted by Crippen LogP contribution is -1.83. The molecule has 72 valence electrons. The minimum absolute atomic E-state index is 0.517. The number of halogens is 1. The van der Waals surface area contributed by atoms with E-state index < -0.39 is 0 Å². The molecule has 1 aromatic carbocycles. The zero-order valence-electron chi connectivity index (χ0n) is 7.50. The molecule has 0 saturated heterocycles. The summed E-state index contributed by atoms with van der Waals surface area (Å²) in [5.74, 6) is 1.05. The third-order valence-electron chi connectivity index (χ3n) is 2.02. The predicted octanol–water partition coefficient (Wildman–Crippen LogP) is 2.40. The van der Waals surface area contributed by atoms with Crippen LogP contribution in [0.3, 0.4) is 0 Å². The Labute approximate surface area is 86.6 Å². The molecule has 0 amide bonds. The Morgan fingerprint density at radius 3 is 3.14 bits per heavy atom. The number of nitrogens with zero attached hydrogens (tertiary/aromatic N) is 1. The molecule has 0 aliphatic rings. The van der Waals surface area contributed by atoms with Crippen LogP contribution in [0.5, 0.6) is 0 Å². The Balaban J connectivity index is 2.47. The van der Waals surface area contributed by atoms with Gasteiger partial charge in [-0.15, -0.1) is 11.6 Å². The van der Waals surface area contributed by atoms with E-state index in [9.17, 15) is 0 Å². The molecule has 0 saturated carbocycles. The number of aromatic amines is 1. The van der Waals surface area contributed by atoms with Gasteiger partial charge in [-0.3, -0.25) is 5.10 Å². The van der Waals surface area contributed by atoms with Crippen molar-refractivity contribution in [3.8, 4) is 0 Å². The van der Waals surface area contributed by atoms with Crippen LogP contribution in [-0.2, 0) is 0 Å². The Bertz CT molecular complexity index is 473. The lowest BCUT2D eigenvalue weighted by Gasteiger charge is -1.93. The number of benzene rings is 1. The Hall–Kier alpha value is -1.48. The first-order valence-corrected chi connectivity index (χ1v) is 4.81. The summed E-state index contributed by atoms with van der Waals surface area (Å²) in [5.41, 5.74) is 7.67. The van der Waals surface area contributed by atoms with Crippen molar-refractivity contribution in [2.24, 2.45) is 0 Å². The number of allylic oxidation sites excluding steroid dienone is 1. The lowest BCUT2D eigenvalue weighted by atomic mass is 10.1. The number of hydrogen-bond donors (Lipinski definition) is 2. The summed E-state index contributed by atoms with van der Waals surface area (Å²) in [4.78, 5) is 0. The maximum Gasteiger partial charge on any atom is 0.153 e. The van der Waals surface area contributed by atoms with Gasteiger partial charge in [-0.1, -0.05) is 18.2 Å². The monoisotopic (exact) mass is 207 g/mol. The zero-order valence-corrected chi connectivity index (χ0v) is 8.25. The molecule has 4 heteroatoms. The normalized spacial score (nSPS) is 11.5. The van der Waals surface area contributed by atoms with Crippen LogP contribution in [0.1, 0.15) is 5.56 Å². The number of alkyl halides is 1. The lowest BCUT2D eigenvalue weighted by molar-refractivity contribution is 1.13. The molecular formula is C10H10ClN3. The van der Waals surface area contributed by atoms with E-state index in [1.165, 1.54) is 0 Å². The van der Waals surface area contributed by atoms with Crippen molar-refractivity contribution in [3.63, 3.8) is 0 Å². The van der Waals surface area contributed by atoms with E-state index in [2.05, 4.69) is 10.2 Å². The van der Waals surface area contributed by atoms with E-state index in [4.69, 9.17) is 17.3 Å². The number of rotatable bonds is 2. The summed E-state index contributed by atoms with van der Waals surface area (Å²) < 4.78 is 0. The van der Waals surface area contributed by atoms with Crippen LogP contribution in [0.2, 0.25) is 0 Å². The molecule has 0 radical (unpaired) electrons. The second-order valence-electron chi connectivity index (χ2n) is 2.97. The topological polar surface area (TPSA) is 54.7 Å². The summed E-state index contributed by atoms with van der Waals surface area (Å²) in [6.45, 7) is 0. The molecule has 0 atom stereocenters. The Morgan fingerprint density at radius 1 is 1.50 bits per heavy atom. The van der Waals surface area contributed by atoms with E-state index >= 15 is 0 Å². The smallest absolute Gasteiger partial charge is 0.153 e. The molecule has 2 aromatic rings. The highest BCUT2D eigenvalue weighted by atomic mass is 35.5. The molecule has 0 aliphatic carbocycles. The van der Waals surface area contributed by atoms with Gasteiger partial charge in [0.25, 0.3) is 0 Å². The second kappa shape index (κ2) is 3.72. The third-order valence-corrected chi connectivity index (χ3v) is 2.19. The van der Waals surface area contributed by atoms with Crippen LogP contribution in [-0.4, -0.2) is 16.1 Å². The van der Waals surface area contributed by atoms with Gasteiger partial charge < -0.3 is 5.73 Å². The maximum atomic E-state index is 5.64. The average molecular weight is 208 g/mol. The molecular weight excluding hydrogens is 198 g/mol. The van der Waals surface area contributed by atoms with Crippen LogP contribution < -0.4 is 5.73 Å². The minimum atomic E-state index is 0.517. The van der Waals surface area contributed by atoms with Crippen molar-refractivity contribution in [1.29, 1.82) is 0 Å². The highest BCUT2D eigenvalue weighted by molar-refractivity contribution is 6.19. The Morgan fingerprint density at radius 2 is 2.36 bits per heavy atom. The number of anilines is 1. The zero-order chi connectivity index (χ0) is 9.97. The molecule has 0 unspecified atom stereocenters. The first-order valence-electron chi connectivity index (χ1n) is 4.27. The van der Waals surface area contributed by atoms with Crippen LogP contribution in [0, 0.1) is 0 Å². The average Bonchev–Trinajstić information content (AvgIpc) is 2.57. The molecule has 0 aliphatic heterocycles. The fraction of sp³-hybridized carbons (Fsp3) is 0.100. The first-order chi connectivity index (χ1) is 6.81. The molecule has 0 spiro atoms. The van der Waals surface area contributed by atoms with Crippen molar-refractivity contribution >= 4 is 34.4 Å². The van der Waals surface area contributed by atoms with Crippen LogP contribution in [0.4, 0.5) is 5.82 Å². The van der Waals surface area contributed by atoms with Crippen LogP contribution >= 0.6 is 11.6 Å². The van der Waals surface area contributed by atoms with Gasteiger partial charge in [-0.25, -0.2) is 0 Å². The van der Waals surface area contributed by atoms with E-state index in [1.54, 1.807) is 0 Å². The van der Waals surface area contributed by atoms with Gasteiger partial charge in [0, 0.05) is 11.3 Å². The fourth-order valence-electron chi connectivity index (χ4n) is 1.34. The van der Waals surface area contributed by atoms with Crippen molar-refractivity contribution in [2.45, 2.75) is 0 Å². The summed E-state index contributed by atoms with van der Waals surface area (Å²) in [5, 5.41) is 7.73. The van der Waals surface area contributed by atoms with Gasteiger partial charge in [0.05, 0.1) is 5.52 Å². The summed E-state index contributed by atoms with van der Waals surface area (Å²) in [6.07, 6.45) is 3.85. The van der Waals surface area contributed by atoms with E-state index in [-0.39, 0.29) is 0 Å². The van der Waals surface area contributed by atoms with Gasteiger partial charge in [-0.2, -0.15) is 5.10 Å². The first kappa shape index (κ1) is 9.09. The van der Waals surface area contributed by atoms with Crippen LogP contribution in [0.25, 0.3) is 17.0 Å². The number of nitrogens with two attached hydrogens (primary N) is 1. The third kappa shape index (κ3) is 1.59. The predicted molar refractivity (Wildman–Crippen MR) is 60.3 cm³/mol. The molecule has 1 heterocycles. The SMILES string of the molecule is Nc1n[nH]c2cc(C=CCCl)ccc12. The number of nitrogens with one attached hydrogen (secondary N) is 1. The molecule has 3 nitrogen and oxygen atoms in total. The summed E-state index contributed by atoms with van der Waals surface area (Å²) in [6, 6.07) is 5.92. The maximum absolute atomic E-state index is 5.64. The largest absolute Gasteiger partial charge is 0.382 e. The van der Waals surface area contributed by atoms with Gasteiger partial charge in [0.1, 0.15) is 0 Å². The summed E-state index contributed by atoms with van der Waals surface area (Å²) >= 11 is 5.55. The highest BCUT2D eigenvalue weighted by Gasteiger charge is 2.00. The number of fused-ring (bicyclic) bond motifs is 1. The fourth-order valence-corrected chi connectivity index (χ4v) is 1.43. The van der Waals surface area contributed by atoms with E-state index in [0.29, 0.717) is 11.7 Å². The quantitative estimate of drug-likeness (QED) is 0.743. The number of H-pyrrole nitrogens is 1. The van der Waals surface area contributed by atoms with E-state index in [1.807, 2.05) is 30.4 Å². The van der Waals surface area contributed by atoms with Gasteiger partial charge in [-0.05, 0) is 17.7 Å². The minimum Gasteiger partial charge on any atom is -0.382 e. The standard InChI is InChI=1S/C10H10ClN3/c11-5-1-2-7-3-4-8-9(6-7)13-14-10(8)12/h1-4,6H,5H2,(H3,12,13,14). The molecule has 0 bridgehead atoms. The molecule has 3 N–H and O–H groups in total. The van der Waals surface area contributed by atoms with Crippen molar-refractivity contribution in [1.82, 2.24) is 10.2 Å². The summed E-state index contributed by atoms with van der Waals surface area (Å²) in [7, 11) is 0. The second-order valence-corrected chi connectivity index (χ2v) is 3.28. The Kier molecular flexibility index (Phi) is 2.41. The molecule has 14 heavy (non-hydrogen) atoms. The van der Waals surface area contributed by atoms with Gasteiger partial charge in [0.2, 0.25) is 0 Å². The number of aromatic nitrogens is 2. The van der Waals surface area contributed by atoms with Crippen molar-refractivity contribution in [2.75, 3.05) is 11.6 Å².